The minimum absolute atomic E-state index is 0.0365. The number of halogens is 1. The Labute approximate surface area is 68.4 Å². The molecule has 64 valence electrons. The topological polar surface area (TPSA) is 82.0 Å². The number of hydrogen-bond acceptors (Lipinski definition) is 3. The van der Waals surface area contributed by atoms with Crippen molar-refractivity contribution in [1.82, 2.24) is 4.98 Å². The van der Waals surface area contributed by atoms with Crippen molar-refractivity contribution in [3.05, 3.63) is 23.3 Å². The fraction of sp³-hybridized carbons (Fsp3) is 0.143. The maximum absolute atomic E-state index is 12.7. The fourth-order valence-corrected chi connectivity index (χ4v) is 0.792. The van der Waals surface area contributed by atoms with Gasteiger partial charge in [-0.15, -0.1) is 0 Å². The Kier molecular flexibility index (Phi) is 1.95. The highest BCUT2D eigenvalue weighted by Gasteiger charge is 2.10. The number of pyridine rings is 1. The molecular weight excluding hydrogens is 161 g/mol. The molecule has 1 aromatic rings. The standard InChI is InChI=1S/C7H8FN3O/c1-3-4(8)2-5(9)6(11-3)7(10)12/h2H,9H2,1H3,(H2,10,12). The van der Waals surface area contributed by atoms with Crippen molar-refractivity contribution < 1.29 is 9.18 Å². The maximum Gasteiger partial charge on any atom is 0.269 e. The smallest absolute Gasteiger partial charge is 0.269 e. The number of rotatable bonds is 1. The molecule has 0 radical (unpaired) electrons. The lowest BCUT2D eigenvalue weighted by Crippen LogP contribution is -2.16. The number of nitrogens with two attached hydrogens (primary N) is 2. The molecule has 1 amide bonds. The first-order chi connectivity index (χ1) is 5.52. The number of aromatic nitrogens is 1. The van der Waals surface area contributed by atoms with Crippen LogP contribution in [0.3, 0.4) is 0 Å². The first-order valence-electron chi connectivity index (χ1n) is 3.25. The van der Waals surface area contributed by atoms with E-state index in [9.17, 15) is 9.18 Å². The second kappa shape index (κ2) is 2.77. The van der Waals surface area contributed by atoms with E-state index in [-0.39, 0.29) is 17.1 Å². The van der Waals surface area contributed by atoms with Gasteiger partial charge in [0.2, 0.25) is 0 Å². The van der Waals surface area contributed by atoms with E-state index in [2.05, 4.69) is 4.98 Å². The van der Waals surface area contributed by atoms with Crippen LogP contribution in [0.25, 0.3) is 0 Å². The van der Waals surface area contributed by atoms with Crippen LogP contribution in [0.1, 0.15) is 16.2 Å². The highest BCUT2D eigenvalue weighted by Crippen LogP contribution is 2.12. The third kappa shape index (κ3) is 1.34. The van der Waals surface area contributed by atoms with Crippen molar-refractivity contribution >= 4 is 11.6 Å². The Hall–Kier alpha value is -1.65. The van der Waals surface area contributed by atoms with E-state index in [0.717, 1.165) is 6.07 Å². The molecule has 0 saturated heterocycles. The van der Waals surface area contributed by atoms with Crippen molar-refractivity contribution in [2.75, 3.05) is 5.73 Å². The van der Waals surface area contributed by atoms with Crippen LogP contribution < -0.4 is 11.5 Å². The second-order valence-electron chi connectivity index (χ2n) is 2.36. The van der Waals surface area contributed by atoms with Gasteiger partial charge in [0.15, 0.2) is 5.69 Å². The Morgan fingerprint density at radius 2 is 2.25 bits per heavy atom. The number of hydrogen-bond donors (Lipinski definition) is 2. The number of anilines is 1. The van der Waals surface area contributed by atoms with Crippen molar-refractivity contribution in [2.24, 2.45) is 5.73 Å². The van der Waals surface area contributed by atoms with E-state index in [0.29, 0.717) is 0 Å². The summed E-state index contributed by atoms with van der Waals surface area (Å²) in [6, 6.07) is 1.03. The molecule has 0 aliphatic carbocycles. The Balaban J connectivity index is 3.33. The predicted molar refractivity (Wildman–Crippen MR) is 41.9 cm³/mol. The maximum atomic E-state index is 12.7. The summed E-state index contributed by atoms with van der Waals surface area (Å²) in [6.45, 7) is 1.43. The lowest BCUT2D eigenvalue weighted by Gasteiger charge is -2.02. The molecule has 0 bridgehead atoms. The van der Waals surface area contributed by atoms with Gasteiger partial charge in [-0.2, -0.15) is 0 Å². The molecule has 5 heteroatoms. The monoisotopic (exact) mass is 169 g/mol. The van der Waals surface area contributed by atoms with Gasteiger partial charge in [0.05, 0.1) is 11.4 Å². The highest BCUT2D eigenvalue weighted by molar-refractivity contribution is 5.95. The van der Waals surface area contributed by atoms with Gasteiger partial charge >= 0.3 is 0 Å². The van der Waals surface area contributed by atoms with Gasteiger partial charge in [-0.05, 0) is 6.92 Å². The van der Waals surface area contributed by atoms with Gasteiger partial charge < -0.3 is 11.5 Å². The molecular formula is C7H8FN3O. The highest BCUT2D eigenvalue weighted by atomic mass is 19.1. The van der Waals surface area contributed by atoms with Crippen LogP contribution in [0, 0.1) is 12.7 Å². The normalized spacial score (nSPS) is 9.83. The summed E-state index contributed by atoms with van der Waals surface area (Å²) in [5.41, 5.74) is 10.2. The number of carbonyl (C=O) groups excluding carboxylic acids is 1. The van der Waals surface area contributed by atoms with Gasteiger partial charge in [-0.1, -0.05) is 0 Å². The van der Waals surface area contributed by atoms with Gasteiger partial charge in [0.25, 0.3) is 5.91 Å². The van der Waals surface area contributed by atoms with Gasteiger partial charge in [-0.25, -0.2) is 9.37 Å². The molecule has 0 aromatic carbocycles. The van der Waals surface area contributed by atoms with Gasteiger partial charge in [-0.3, -0.25) is 4.79 Å². The zero-order valence-electron chi connectivity index (χ0n) is 6.47. The Morgan fingerprint density at radius 3 is 2.75 bits per heavy atom. The molecule has 0 aliphatic heterocycles. The molecule has 1 aromatic heterocycles. The van der Waals surface area contributed by atoms with Crippen molar-refractivity contribution in [1.29, 1.82) is 0 Å². The molecule has 0 fully saturated rings. The number of primary amides is 1. The Morgan fingerprint density at radius 1 is 1.67 bits per heavy atom. The zero-order chi connectivity index (χ0) is 9.30. The summed E-state index contributed by atoms with van der Waals surface area (Å²) in [7, 11) is 0. The lowest BCUT2D eigenvalue weighted by molar-refractivity contribution is 0.0996. The summed E-state index contributed by atoms with van der Waals surface area (Å²) in [5.74, 6) is -1.30. The first kappa shape index (κ1) is 8.45. The molecule has 0 unspecified atom stereocenters. The number of nitrogen functional groups attached to an aromatic ring is 1. The largest absolute Gasteiger partial charge is 0.397 e. The summed E-state index contributed by atoms with van der Waals surface area (Å²) in [6.07, 6.45) is 0. The third-order valence-electron chi connectivity index (χ3n) is 1.41. The fourth-order valence-electron chi connectivity index (χ4n) is 0.792. The van der Waals surface area contributed by atoms with E-state index < -0.39 is 11.7 Å². The summed E-state index contributed by atoms with van der Waals surface area (Å²) >= 11 is 0. The number of amides is 1. The van der Waals surface area contributed by atoms with Crippen molar-refractivity contribution in [3.8, 4) is 0 Å². The van der Waals surface area contributed by atoms with Crippen molar-refractivity contribution in [3.63, 3.8) is 0 Å². The van der Waals surface area contributed by atoms with Crippen molar-refractivity contribution in [2.45, 2.75) is 6.92 Å². The Bertz CT molecular complexity index is 338. The average molecular weight is 169 g/mol. The van der Waals surface area contributed by atoms with Crippen LogP contribution in [0.15, 0.2) is 6.07 Å². The molecule has 0 atom stereocenters. The first-order valence-corrected chi connectivity index (χ1v) is 3.25. The average Bonchev–Trinajstić information content (AvgIpc) is 1.96. The number of carbonyl (C=O) groups is 1. The molecule has 0 spiro atoms. The van der Waals surface area contributed by atoms with Gasteiger partial charge in [0.1, 0.15) is 5.82 Å². The zero-order valence-corrected chi connectivity index (χ0v) is 6.47. The molecule has 4 nitrogen and oxygen atoms in total. The third-order valence-corrected chi connectivity index (χ3v) is 1.41. The van der Waals surface area contributed by atoms with E-state index in [1.807, 2.05) is 0 Å². The quantitative estimate of drug-likeness (QED) is 0.630. The molecule has 12 heavy (non-hydrogen) atoms. The van der Waals surface area contributed by atoms with Crippen LogP contribution in [-0.2, 0) is 0 Å². The minimum atomic E-state index is -0.754. The molecule has 1 heterocycles. The minimum Gasteiger partial charge on any atom is -0.397 e. The number of nitrogens with zero attached hydrogens (tertiary/aromatic N) is 1. The molecule has 0 saturated carbocycles. The van der Waals surface area contributed by atoms with Gasteiger partial charge in [0, 0.05) is 6.07 Å². The number of aryl methyl sites for hydroxylation is 1. The predicted octanol–water partition coefficient (Wildman–Crippen LogP) is 0.210. The van der Waals surface area contributed by atoms with Crippen LogP contribution in [0.2, 0.25) is 0 Å². The van der Waals surface area contributed by atoms with E-state index in [1.165, 1.54) is 6.92 Å². The van der Waals surface area contributed by atoms with Crippen LogP contribution in [0.5, 0.6) is 0 Å². The van der Waals surface area contributed by atoms with E-state index in [4.69, 9.17) is 11.5 Å². The van der Waals surface area contributed by atoms with E-state index >= 15 is 0 Å². The van der Waals surface area contributed by atoms with Crippen LogP contribution >= 0.6 is 0 Å². The molecule has 0 aliphatic rings. The second-order valence-corrected chi connectivity index (χ2v) is 2.36. The summed E-state index contributed by atoms with van der Waals surface area (Å²) in [4.78, 5) is 14.2. The summed E-state index contributed by atoms with van der Waals surface area (Å²) < 4.78 is 12.7. The SMILES string of the molecule is Cc1nc(C(N)=O)c(N)cc1F. The van der Waals surface area contributed by atoms with E-state index in [1.54, 1.807) is 0 Å². The van der Waals surface area contributed by atoms with Crippen LogP contribution in [-0.4, -0.2) is 10.9 Å². The summed E-state index contributed by atoms with van der Waals surface area (Å²) in [5, 5.41) is 0. The lowest BCUT2D eigenvalue weighted by atomic mass is 10.2. The molecule has 4 N–H and O–H groups in total. The van der Waals surface area contributed by atoms with Crippen LogP contribution in [0.4, 0.5) is 10.1 Å². The molecule has 1 rings (SSSR count).